The van der Waals surface area contributed by atoms with Crippen molar-refractivity contribution in [2.24, 2.45) is 23.7 Å². The van der Waals surface area contributed by atoms with Crippen LogP contribution in [-0.2, 0) is 43.2 Å². The van der Waals surface area contributed by atoms with E-state index in [4.69, 9.17) is 4.74 Å². The first-order valence-corrected chi connectivity index (χ1v) is 13.1. The van der Waals surface area contributed by atoms with Gasteiger partial charge in [0.05, 0.1) is 11.8 Å². The lowest BCUT2D eigenvalue weighted by molar-refractivity contribution is -0.160. The molecule has 37 heavy (non-hydrogen) atoms. The van der Waals surface area contributed by atoms with Crippen LogP contribution in [0.2, 0.25) is 0 Å². The maximum Gasteiger partial charge on any atom is 0.330 e. The minimum atomic E-state index is -1.12. The zero-order chi connectivity index (χ0) is 26.1. The number of para-hydroxylation sites is 1. The van der Waals surface area contributed by atoms with Gasteiger partial charge in [-0.15, -0.1) is 0 Å². The van der Waals surface area contributed by atoms with Gasteiger partial charge in [0.1, 0.15) is 6.04 Å². The van der Waals surface area contributed by atoms with Gasteiger partial charge < -0.3 is 10.1 Å². The Balaban J connectivity index is 1.32. The quantitative estimate of drug-likeness (QED) is 0.322. The Morgan fingerprint density at radius 1 is 0.919 bits per heavy atom. The highest BCUT2D eigenvalue weighted by molar-refractivity contribution is 6.09. The van der Waals surface area contributed by atoms with E-state index in [1.54, 1.807) is 0 Å². The molecule has 7 nitrogen and oxygen atoms in total. The SMILES string of the molecule is CCc1cccc(CC)c1NC(=O)COC(=O)[C@H](Cc1ccccc1)N1C(=O)[C@@H]2[C@H](C1=O)[C@H]1C=C[C@H]2C1. The molecule has 2 aromatic rings. The van der Waals surface area contributed by atoms with Gasteiger partial charge in [-0.1, -0.05) is 74.5 Å². The van der Waals surface area contributed by atoms with Crippen molar-refractivity contribution in [1.82, 2.24) is 4.90 Å². The number of imide groups is 1. The molecule has 0 aromatic heterocycles. The molecule has 192 valence electrons. The van der Waals surface area contributed by atoms with Crippen molar-refractivity contribution >= 4 is 29.4 Å². The number of nitrogens with zero attached hydrogens (tertiary/aromatic N) is 1. The van der Waals surface area contributed by atoms with Gasteiger partial charge in [0.2, 0.25) is 11.8 Å². The molecule has 1 saturated carbocycles. The van der Waals surface area contributed by atoms with Gasteiger partial charge in [0.15, 0.2) is 6.61 Å². The Morgan fingerprint density at radius 3 is 2.08 bits per heavy atom. The smallest absolute Gasteiger partial charge is 0.330 e. The van der Waals surface area contributed by atoms with E-state index < -0.39 is 36.4 Å². The van der Waals surface area contributed by atoms with Crippen LogP contribution >= 0.6 is 0 Å². The van der Waals surface area contributed by atoms with Crippen molar-refractivity contribution in [2.75, 3.05) is 11.9 Å². The first-order valence-electron chi connectivity index (χ1n) is 13.1. The lowest BCUT2D eigenvalue weighted by atomic mass is 9.85. The second-order valence-corrected chi connectivity index (χ2v) is 10.1. The van der Waals surface area contributed by atoms with Gasteiger partial charge in [-0.05, 0) is 47.8 Å². The molecule has 1 heterocycles. The number of likely N-dealkylation sites (tertiary alicyclic amines) is 1. The van der Waals surface area contributed by atoms with Crippen molar-refractivity contribution in [3.63, 3.8) is 0 Å². The average molecular weight is 501 g/mol. The molecule has 2 fully saturated rings. The summed E-state index contributed by atoms with van der Waals surface area (Å²) in [6.45, 7) is 3.53. The summed E-state index contributed by atoms with van der Waals surface area (Å²) >= 11 is 0. The van der Waals surface area contributed by atoms with Crippen LogP contribution in [-0.4, -0.2) is 41.2 Å². The second kappa shape index (κ2) is 10.3. The van der Waals surface area contributed by atoms with Crippen molar-refractivity contribution in [3.05, 3.63) is 77.4 Å². The van der Waals surface area contributed by atoms with Crippen LogP contribution in [0.3, 0.4) is 0 Å². The van der Waals surface area contributed by atoms with Crippen LogP contribution in [0.5, 0.6) is 0 Å². The van der Waals surface area contributed by atoms with Crippen molar-refractivity contribution in [2.45, 2.75) is 45.6 Å². The highest BCUT2D eigenvalue weighted by Gasteiger charge is 2.61. The summed E-state index contributed by atoms with van der Waals surface area (Å²) in [5, 5.41) is 2.89. The summed E-state index contributed by atoms with van der Waals surface area (Å²) in [6, 6.07) is 14.0. The summed E-state index contributed by atoms with van der Waals surface area (Å²) in [4.78, 5) is 54.1. The van der Waals surface area contributed by atoms with E-state index in [1.807, 2.05) is 74.5 Å². The number of esters is 1. The van der Waals surface area contributed by atoms with Crippen LogP contribution in [0.1, 0.15) is 37.0 Å². The number of ether oxygens (including phenoxy) is 1. The first-order chi connectivity index (χ1) is 17.9. The number of hydrogen-bond acceptors (Lipinski definition) is 5. The first kappa shape index (κ1) is 24.9. The van der Waals surface area contributed by atoms with Crippen LogP contribution < -0.4 is 5.32 Å². The molecule has 1 N–H and O–H groups in total. The molecule has 5 rings (SSSR count). The Labute approximate surface area is 216 Å². The fraction of sp³-hybridized carbons (Fsp3) is 0.400. The Bertz CT molecular complexity index is 1200. The van der Waals surface area contributed by atoms with Crippen molar-refractivity contribution in [1.29, 1.82) is 0 Å². The molecule has 2 aliphatic carbocycles. The zero-order valence-corrected chi connectivity index (χ0v) is 21.2. The Kier molecular flexibility index (Phi) is 6.96. The third-order valence-corrected chi connectivity index (χ3v) is 7.97. The number of nitrogens with one attached hydrogen (secondary N) is 1. The summed E-state index contributed by atoms with van der Waals surface area (Å²) in [5.74, 6) is -2.55. The minimum absolute atomic E-state index is 0.0435. The van der Waals surface area contributed by atoms with E-state index in [0.717, 1.165) is 46.5 Å². The molecular weight excluding hydrogens is 468 g/mol. The summed E-state index contributed by atoms with van der Waals surface area (Å²) < 4.78 is 5.45. The standard InChI is InChI=1S/C30H32N2O5/c1-3-19-11-8-12-20(4-2)27(19)31-24(33)17-37-30(36)23(15-18-9-6-5-7-10-18)32-28(34)25-21-13-14-22(16-21)26(25)29(32)35/h5-14,21-23,25-26H,3-4,15-17H2,1-2H3,(H,31,33)/t21-,22-,23-,25-,26+/m0/s1. The van der Waals surface area contributed by atoms with Gasteiger partial charge in [0, 0.05) is 12.1 Å². The summed E-state index contributed by atoms with van der Waals surface area (Å²) in [5.41, 5.74) is 3.56. The second-order valence-electron chi connectivity index (χ2n) is 10.1. The molecule has 1 saturated heterocycles. The number of rotatable bonds is 9. The number of hydrogen-bond donors (Lipinski definition) is 1. The normalized spacial score (nSPS) is 24.3. The Hall–Kier alpha value is -3.74. The summed E-state index contributed by atoms with van der Waals surface area (Å²) in [7, 11) is 0. The number of fused-ring (bicyclic) bond motifs is 5. The average Bonchev–Trinajstić information content (AvgIpc) is 3.60. The van der Waals surface area contributed by atoms with Crippen LogP contribution in [0.15, 0.2) is 60.7 Å². The molecule has 2 aromatic carbocycles. The van der Waals surface area contributed by atoms with Crippen LogP contribution in [0.4, 0.5) is 5.69 Å². The van der Waals surface area contributed by atoms with Gasteiger partial charge >= 0.3 is 5.97 Å². The minimum Gasteiger partial charge on any atom is -0.454 e. The van der Waals surface area contributed by atoms with E-state index in [9.17, 15) is 19.2 Å². The third-order valence-electron chi connectivity index (χ3n) is 7.97. The molecule has 2 bridgehead atoms. The van der Waals surface area contributed by atoms with Gasteiger partial charge in [-0.3, -0.25) is 19.3 Å². The fourth-order valence-electron chi connectivity index (χ4n) is 6.16. The molecule has 1 aliphatic heterocycles. The number of carbonyl (C=O) groups excluding carboxylic acids is 4. The van der Waals surface area contributed by atoms with Crippen LogP contribution in [0, 0.1) is 23.7 Å². The van der Waals surface area contributed by atoms with Gasteiger partial charge in [-0.25, -0.2) is 4.79 Å². The highest BCUT2D eigenvalue weighted by atomic mass is 16.5. The fourth-order valence-corrected chi connectivity index (χ4v) is 6.16. The number of carbonyl (C=O) groups is 4. The highest BCUT2D eigenvalue weighted by Crippen LogP contribution is 2.53. The van der Waals surface area contributed by atoms with Crippen molar-refractivity contribution in [3.8, 4) is 0 Å². The van der Waals surface area contributed by atoms with E-state index in [0.29, 0.717) is 0 Å². The van der Waals surface area contributed by atoms with Gasteiger partial charge in [0.25, 0.3) is 5.91 Å². The molecule has 0 unspecified atom stereocenters. The molecule has 7 heteroatoms. The molecule has 3 aliphatic rings. The van der Waals surface area contributed by atoms with Crippen LogP contribution in [0.25, 0.3) is 0 Å². The number of amides is 3. The third kappa shape index (κ3) is 4.59. The molecule has 5 atom stereocenters. The number of aryl methyl sites for hydroxylation is 2. The number of benzene rings is 2. The monoisotopic (exact) mass is 500 g/mol. The molecule has 3 amide bonds. The largest absolute Gasteiger partial charge is 0.454 e. The zero-order valence-electron chi connectivity index (χ0n) is 21.2. The maximum atomic E-state index is 13.4. The maximum absolute atomic E-state index is 13.4. The topological polar surface area (TPSA) is 92.8 Å². The lowest BCUT2D eigenvalue weighted by Gasteiger charge is -2.26. The van der Waals surface area contributed by atoms with E-state index >= 15 is 0 Å². The van der Waals surface area contributed by atoms with E-state index in [1.165, 1.54) is 0 Å². The Morgan fingerprint density at radius 2 is 1.51 bits per heavy atom. The molecule has 0 radical (unpaired) electrons. The molecule has 0 spiro atoms. The van der Waals surface area contributed by atoms with E-state index in [2.05, 4.69) is 5.32 Å². The lowest BCUT2D eigenvalue weighted by Crippen LogP contribution is -2.48. The van der Waals surface area contributed by atoms with Gasteiger partial charge in [-0.2, -0.15) is 0 Å². The molecular formula is C30H32N2O5. The predicted octanol–water partition coefficient (Wildman–Crippen LogP) is 3.71. The van der Waals surface area contributed by atoms with E-state index in [-0.39, 0.29) is 30.1 Å². The predicted molar refractivity (Wildman–Crippen MR) is 138 cm³/mol. The van der Waals surface area contributed by atoms with Crippen molar-refractivity contribution < 1.29 is 23.9 Å². The number of allylic oxidation sites excluding steroid dienone is 2. The summed E-state index contributed by atoms with van der Waals surface area (Å²) in [6.07, 6.45) is 6.50. The number of anilines is 1.